The molecule has 0 fully saturated rings. The Balaban J connectivity index is 4.63. The van der Waals surface area contributed by atoms with Crippen LogP contribution in [0.4, 0.5) is 0 Å². The molecule has 1 N–H and O–H groups in total. The number of sulfone groups is 1. The van der Waals surface area contributed by atoms with Crippen LogP contribution in [0.1, 0.15) is 65.7 Å². The van der Waals surface area contributed by atoms with Gasteiger partial charge in [-0.25, -0.2) is 8.42 Å². The zero-order valence-electron chi connectivity index (χ0n) is 11.7. The number of carboxylic acid groups (broad SMARTS) is 1. The van der Waals surface area contributed by atoms with Gasteiger partial charge in [-0.05, 0) is 19.3 Å². The molecule has 0 heterocycles. The molecule has 18 heavy (non-hydrogen) atoms. The van der Waals surface area contributed by atoms with Gasteiger partial charge in [-0.2, -0.15) is 0 Å². The van der Waals surface area contributed by atoms with Crippen LogP contribution in [0, 0.1) is 0 Å². The standard InChI is InChI=1S/C13H26O4S/c1-4-7-8-9-10-11-18(16,17)13(5-2,6-3)12(14)15/h4-11H2,1-3H3,(H,14,15). The molecule has 108 valence electrons. The predicted octanol–water partition coefficient (Wildman–Crippen LogP) is 3.02. The van der Waals surface area contributed by atoms with Gasteiger partial charge in [0.25, 0.3) is 0 Å². The Bertz CT molecular complexity index is 342. The first-order chi connectivity index (χ1) is 8.38. The average molecular weight is 278 g/mol. The monoisotopic (exact) mass is 278 g/mol. The molecule has 0 rings (SSSR count). The Kier molecular flexibility index (Phi) is 7.52. The molecule has 0 aliphatic carbocycles. The third-order valence-corrected chi connectivity index (χ3v) is 6.41. The lowest BCUT2D eigenvalue weighted by Crippen LogP contribution is -2.46. The van der Waals surface area contributed by atoms with Crippen molar-refractivity contribution < 1.29 is 18.3 Å². The van der Waals surface area contributed by atoms with E-state index in [2.05, 4.69) is 6.92 Å². The molecule has 0 saturated heterocycles. The summed E-state index contributed by atoms with van der Waals surface area (Å²) < 4.78 is 22.8. The highest BCUT2D eigenvalue weighted by atomic mass is 32.2. The number of hydrogen-bond donors (Lipinski definition) is 1. The van der Waals surface area contributed by atoms with Crippen molar-refractivity contribution in [3.05, 3.63) is 0 Å². The van der Waals surface area contributed by atoms with Crippen LogP contribution in [-0.2, 0) is 14.6 Å². The van der Waals surface area contributed by atoms with Crippen molar-refractivity contribution in [3.8, 4) is 0 Å². The van der Waals surface area contributed by atoms with Crippen LogP contribution in [0.5, 0.6) is 0 Å². The third kappa shape index (κ3) is 3.97. The molecule has 5 heteroatoms. The second kappa shape index (κ2) is 7.77. The van der Waals surface area contributed by atoms with E-state index >= 15 is 0 Å². The molecular formula is C13H26O4S. The van der Waals surface area contributed by atoms with Crippen molar-refractivity contribution in [2.75, 3.05) is 5.75 Å². The second-order valence-corrected chi connectivity index (χ2v) is 7.16. The van der Waals surface area contributed by atoms with E-state index in [9.17, 15) is 18.3 Å². The summed E-state index contributed by atoms with van der Waals surface area (Å²) in [6, 6.07) is 0. The largest absolute Gasteiger partial charge is 0.480 e. The lowest BCUT2D eigenvalue weighted by atomic mass is 10.0. The zero-order chi connectivity index (χ0) is 14.2. The Morgan fingerprint density at radius 2 is 1.50 bits per heavy atom. The van der Waals surface area contributed by atoms with Crippen molar-refractivity contribution in [3.63, 3.8) is 0 Å². The molecule has 0 amide bonds. The van der Waals surface area contributed by atoms with Gasteiger partial charge in [0.2, 0.25) is 0 Å². The number of hydrogen-bond acceptors (Lipinski definition) is 3. The minimum Gasteiger partial charge on any atom is -0.480 e. The fraction of sp³-hybridized carbons (Fsp3) is 0.923. The Hall–Kier alpha value is -0.580. The minimum atomic E-state index is -3.57. The maximum absolute atomic E-state index is 12.2. The lowest BCUT2D eigenvalue weighted by molar-refractivity contribution is -0.140. The molecule has 0 aromatic rings. The summed E-state index contributed by atoms with van der Waals surface area (Å²) in [4.78, 5) is 11.3. The van der Waals surface area contributed by atoms with Crippen molar-refractivity contribution in [2.24, 2.45) is 0 Å². The van der Waals surface area contributed by atoms with Gasteiger partial charge in [0, 0.05) is 0 Å². The first-order valence-corrected chi connectivity index (χ1v) is 8.48. The van der Waals surface area contributed by atoms with Gasteiger partial charge < -0.3 is 5.11 Å². The maximum Gasteiger partial charge on any atom is 0.325 e. The molecule has 0 atom stereocenters. The van der Waals surface area contributed by atoms with Crippen LogP contribution >= 0.6 is 0 Å². The molecule has 0 aliphatic heterocycles. The summed E-state index contributed by atoms with van der Waals surface area (Å²) in [5.74, 6) is -1.22. The van der Waals surface area contributed by atoms with Crippen molar-refractivity contribution >= 4 is 15.8 Å². The van der Waals surface area contributed by atoms with Crippen LogP contribution in [0.25, 0.3) is 0 Å². The van der Waals surface area contributed by atoms with Crippen LogP contribution in [0.3, 0.4) is 0 Å². The number of unbranched alkanes of at least 4 members (excludes halogenated alkanes) is 4. The fourth-order valence-corrected chi connectivity index (χ4v) is 4.34. The van der Waals surface area contributed by atoms with Gasteiger partial charge in [0.1, 0.15) is 0 Å². The number of carbonyl (C=O) groups is 1. The molecule has 0 saturated carbocycles. The van der Waals surface area contributed by atoms with E-state index < -0.39 is 20.6 Å². The van der Waals surface area contributed by atoms with Gasteiger partial charge in [-0.1, -0.05) is 46.5 Å². The van der Waals surface area contributed by atoms with Gasteiger partial charge in [0.15, 0.2) is 14.6 Å². The number of aliphatic carboxylic acids is 1. The van der Waals surface area contributed by atoms with E-state index in [-0.39, 0.29) is 18.6 Å². The van der Waals surface area contributed by atoms with Gasteiger partial charge >= 0.3 is 5.97 Å². The van der Waals surface area contributed by atoms with E-state index in [1.54, 1.807) is 13.8 Å². The van der Waals surface area contributed by atoms with Crippen molar-refractivity contribution in [2.45, 2.75) is 70.5 Å². The summed E-state index contributed by atoms with van der Waals surface area (Å²) in [7, 11) is -3.57. The molecule has 0 aliphatic rings. The van der Waals surface area contributed by atoms with Crippen molar-refractivity contribution in [1.82, 2.24) is 0 Å². The van der Waals surface area contributed by atoms with Crippen LogP contribution in [0.2, 0.25) is 0 Å². The highest BCUT2D eigenvalue weighted by molar-refractivity contribution is 7.93. The topological polar surface area (TPSA) is 71.4 Å². The van der Waals surface area contributed by atoms with Crippen LogP contribution < -0.4 is 0 Å². The van der Waals surface area contributed by atoms with E-state index in [1.165, 1.54) is 0 Å². The smallest absolute Gasteiger partial charge is 0.325 e. The summed E-state index contributed by atoms with van der Waals surface area (Å²) in [5.41, 5.74) is 0. The van der Waals surface area contributed by atoms with Gasteiger partial charge in [-0.15, -0.1) is 0 Å². The van der Waals surface area contributed by atoms with E-state index in [0.717, 1.165) is 25.7 Å². The van der Waals surface area contributed by atoms with E-state index in [0.29, 0.717) is 6.42 Å². The van der Waals surface area contributed by atoms with E-state index in [1.807, 2.05) is 0 Å². The Morgan fingerprint density at radius 1 is 1.00 bits per heavy atom. The van der Waals surface area contributed by atoms with Gasteiger partial charge in [-0.3, -0.25) is 4.79 Å². The molecule has 0 unspecified atom stereocenters. The van der Waals surface area contributed by atoms with Crippen LogP contribution in [-0.4, -0.2) is 30.0 Å². The summed E-state index contributed by atoms with van der Waals surface area (Å²) in [5, 5.41) is 9.22. The van der Waals surface area contributed by atoms with Crippen molar-refractivity contribution in [1.29, 1.82) is 0 Å². The quantitative estimate of drug-likeness (QED) is 0.623. The fourth-order valence-electron chi connectivity index (χ4n) is 2.22. The third-order valence-electron chi connectivity index (χ3n) is 3.64. The highest BCUT2D eigenvalue weighted by Crippen LogP contribution is 2.28. The first kappa shape index (κ1) is 17.4. The molecular weight excluding hydrogens is 252 g/mol. The Labute approximate surface area is 111 Å². The molecule has 4 nitrogen and oxygen atoms in total. The molecule has 0 radical (unpaired) electrons. The van der Waals surface area contributed by atoms with E-state index in [4.69, 9.17) is 0 Å². The summed E-state index contributed by atoms with van der Waals surface area (Å²) in [6.45, 7) is 5.36. The SMILES string of the molecule is CCCCCCCS(=O)(=O)C(CC)(CC)C(=O)O. The average Bonchev–Trinajstić information content (AvgIpc) is 2.30. The lowest BCUT2D eigenvalue weighted by Gasteiger charge is -2.26. The maximum atomic E-state index is 12.2. The minimum absolute atomic E-state index is 0.00923. The van der Waals surface area contributed by atoms with Crippen LogP contribution in [0.15, 0.2) is 0 Å². The zero-order valence-corrected chi connectivity index (χ0v) is 12.6. The Morgan fingerprint density at radius 3 is 1.89 bits per heavy atom. The number of rotatable bonds is 10. The molecule has 0 aromatic carbocycles. The highest BCUT2D eigenvalue weighted by Gasteiger charge is 2.47. The molecule has 0 spiro atoms. The molecule has 0 aromatic heterocycles. The summed E-state index contributed by atoms with van der Waals surface area (Å²) >= 11 is 0. The molecule has 0 bridgehead atoms. The first-order valence-electron chi connectivity index (χ1n) is 6.83. The second-order valence-electron chi connectivity index (χ2n) is 4.74. The summed E-state index contributed by atoms with van der Waals surface area (Å²) in [6.07, 6.45) is 4.92. The predicted molar refractivity (Wildman–Crippen MR) is 73.5 cm³/mol. The normalized spacial score (nSPS) is 12.6. The van der Waals surface area contributed by atoms with Gasteiger partial charge in [0.05, 0.1) is 5.75 Å². The number of carboxylic acids is 1.